The number of carboxylic acids is 1. The van der Waals surface area contributed by atoms with Crippen molar-refractivity contribution in [3.8, 4) is 0 Å². The molecule has 0 unspecified atom stereocenters. The Morgan fingerprint density at radius 3 is 2.62 bits per heavy atom. The lowest BCUT2D eigenvalue weighted by atomic mass is 9.87. The minimum atomic E-state index is -0.752. The van der Waals surface area contributed by atoms with E-state index < -0.39 is 5.97 Å². The second-order valence-electron chi connectivity index (χ2n) is 3.95. The summed E-state index contributed by atoms with van der Waals surface area (Å²) < 4.78 is 0. The molecule has 66 valence electrons. The highest BCUT2D eigenvalue weighted by Crippen LogP contribution is 2.50. The minimum Gasteiger partial charge on any atom is -0.478 e. The summed E-state index contributed by atoms with van der Waals surface area (Å²) in [6, 6.07) is 0. The Kier molecular flexibility index (Phi) is 1.17. The molecule has 4 atom stereocenters. The molecule has 0 saturated heterocycles. The van der Waals surface area contributed by atoms with Gasteiger partial charge in [-0.05, 0) is 11.8 Å². The molecule has 3 aliphatic rings. The summed E-state index contributed by atoms with van der Waals surface area (Å²) in [5.41, 5.74) is 0.595. The van der Waals surface area contributed by atoms with Gasteiger partial charge in [-0.15, -0.1) is 0 Å². The van der Waals surface area contributed by atoms with Gasteiger partial charge < -0.3 is 5.11 Å². The van der Waals surface area contributed by atoms with Crippen LogP contribution in [0.1, 0.15) is 0 Å². The molecule has 2 heteroatoms. The van der Waals surface area contributed by atoms with Gasteiger partial charge in [0.25, 0.3) is 0 Å². The highest BCUT2D eigenvalue weighted by molar-refractivity contribution is 5.89. The lowest BCUT2D eigenvalue weighted by Crippen LogP contribution is -2.15. The van der Waals surface area contributed by atoms with Crippen LogP contribution in [0.25, 0.3) is 0 Å². The predicted octanol–water partition coefficient (Wildman–Crippen LogP) is 1.62. The summed E-state index contributed by atoms with van der Waals surface area (Å²) in [7, 11) is 0. The zero-order chi connectivity index (χ0) is 9.00. The van der Waals surface area contributed by atoms with Crippen LogP contribution in [-0.4, -0.2) is 11.1 Å². The van der Waals surface area contributed by atoms with Crippen LogP contribution in [0.2, 0.25) is 0 Å². The average Bonchev–Trinajstić information content (AvgIpc) is 2.72. The van der Waals surface area contributed by atoms with Crippen LogP contribution < -0.4 is 0 Å². The highest BCUT2D eigenvalue weighted by Gasteiger charge is 2.45. The van der Waals surface area contributed by atoms with Gasteiger partial charge in [-0.3, -0.25) is 0 Å². The molecular formula is C11H10O2. The molecule has 0 bridgehead atoms. The van der Waals surface area contributed by atoms with Gasteiger partial charge >= 0.3 is 5.97 Å². The maximum Gasteiger partial charge on any atom is 0.331 e. The summed E-state index contributed by atoms with van der Waals surface area (Å²) in [5.74, 6) is 0.769. The summed E-state index contributed by atoms with van der Waals surface area (Å²) in [5, 5.41) is 8.96. The van der Waals surface area contributed by atoms with Gasteiger partial charge in [-0.1, -0.05) is 30.4 Å². The third-order valence-electron chi connectivity index (χ3n) is 3.38. The molecule has 0 aliphatic heterocycles. The van der Waals surface area contributed by atoms with E-state index in [9.17, 15) is 4.79 Å². The third kappa shape index (κ3) is 0.755. The van der Waals surface area contributed by atoms with Crippen molar-refractivity contribution in [2.45, 2.75) is 0 Å². The molecule has 2 nitrogen and oxygen atoms in total. The molecule has 3 aliphatic carbocycles. The van der Waals surface area contributed by atoms with Crippen molar-refractivity contribution in [2.75, 3.05) is 0 Å². The number of aliphatic carboxylic acids is 1. The third-order valence-corrected chi connectivity index (χ3v) is 3.38. The smallest absolute Gasteiger partial charge is 0.331 e. The van der Waals surface area contributed by atoms with E-state index in [0.717, 1.165) is 0 Å². The van der Waals surface area contributed by atoms with Crippen molar-refractivity contribution in [3.05, 3.63) is 36.0 Å². The normalized spacial score (nSPS) is 43.8. The van der Waals surface area contributed by atoms with Gasteiger partial charge in [0.1, 0.15) is 0 Å². The molecule has 0 aromatic rings. The van der Waals surface area contributed by atoms with Gasteiger partial charge in [0.15, 0.2) is 0 Å². The molecule has 0 aromatic carbocycles. The quantitative estimate of drug-likeness (QED) is 0.613. The Labute approximate surface area is 76.3 Å². The van der Waals surface area contributed by atoms with E-state index in [4.69, 9.17) is 5.11 Å². The van der Waals surface area contributed by atoms with Crippen molar-refractivity contribution in [1.82, 2.24) is 0 Å². The molecule has 0 heterocycles. The first-order valence-electron chi connectivity index (χ1n) is 4.59. The van der Waals surface area contributed by atoms with E-state index in [1.807, 2.05) is 6.08 Å². The lowest BCUT2D eigenvalue weighted by molar-refractivity contribution is -0.133. The maximum absolute atomic E-state index is 10.9. The Morgan fingerprint density at radius 2 is 1.85 bits per heavy atom. The first-order chi connectivity index (χ1) is 6.27. The molecule has 1 N–H and O–H groups in total. The van der Waals surface area contributed by atoms with E-state index in [-0.39, 0.29) is 5.92 Å². The van der Waals surface area contributed by atoms with Crippen LogP contribution in [0.15, 0.2) is 36.0 Å². The van der Waals surface area contributed by atoms with Crippen LogP contribution in [0.4, 0.5) is 0 Å². The Bertz CT molecular complexity index is 362. The molecule has 0 amide bonds. The molecular weight excluding hydrogens is 164 g/mol. The van der Waals surface area contributed by atoms with Crippen LogP contribution in [-0.2, 0) is 4.79 Å². The largest absolute Gasteiger partial charge is 0.478 e. The van der Waals surface area contributed by atoms with Crippen molar-refractivity contribution in [2.24, 2.45) is 23.7 Å². The van der Waals surface area contributed by atoms with Gasteiger partial charge in [0.05, 0.1) is 0 Å². The van der Waals surface area contributed by atoms with Gasteiger partial charge in [-0.2, -0.15) is 0 Å². The molecule has 13 heavy (non-hydrogen) atoms. The molecule has 0 radical (unpaired) electrons. The Hall–Kier alpha value is -1.31. The summed E-state index contributed by atoms with van der Waals surface area (Å²) in [4.78, 5) is 10.9. The standard InChI is InChI=1S/C11H10O2/c12-11(13)9-5-7-2-1-6-3-4-8(9)10(6)7/h1-8,10H,(H,12,13)/t6-,7+,8+,10-/m0/s1. The number of carboxylic acid groups (broad SMARTS) is 1. The van der Waals surface area contributed by atoms with Crippen LogP contribution in [0.5, 0.6) is 0 Å². The summed E-state index contributed by atoms with van der Waals surface area (Å²) >= 11 is 0. The summed E-state index contributed by atoms with van der Waals surface area (Å²) in [6.07, 6.45) is 10.4. The number of allylic oxidation sites excluding steroid dienone is 5. The number of carbonyl (C=O) groups is 1. The van der Waals surface area contributed by atoms with E-state index in [0.29, 0.717) is 23.3 Å². The van der Waals surface area contributed by atoms with Gasteiger partial charge in [-0.25, -0.2) is 4.79 Å². The predicted molar refractivity (Wildman–Crippen MR) is 48.0 cm³/mol. The van der Waals surface area contributed by atoms with Gasteiger partial charge in [0.2, 0.25) is 0 Å². The van der Waals surface area contributed by atoms with Crippen LogP contribution in [0, 0.1) is 23.7 Å². The fraction of sp³-hybridized carbons (Fsp3) is 0.364. The monoisotopic (exact) mass is 174 g/mol. The second-order valence-corrected chi connectivity index (χ2v) is 3.95. The molecule has 0 saturated carbocycles. The first-order valence-corrected chi connectivity index (χ1v) is 4.59. The second kappa shape index (κ2) is 2.13. The Morgan fingerprint density at radius 1 is 1.15 bits per heavy atom. The van der Waals surface area contributed by atoms with Gasteiger partial charge in [0, 0.05) is 17.4 Å². The zero-order valence-corrected chi connectivity index (χ0v) is 7.05. The van der Waals surface area contributed by atoms with Crippen molar-refractivity contribution < 1.29 is 9.90 Å². The lowest BCUT2D eigenvalue weighted by Gasteiger charge is -2.15. The van der Waals surface area contributed by atoms with Crippen molar-refractivity contribution >= 4 is 5.97 Å². The van der Waals surface area contributed by atoms with E-state index in [2.05, 4.69) is 24.3 Å². The van der Waals surface area contributed by atoms with Crippen molar-refractivity contribution in [3.63, 3.8) is 0 Å². The van der Waals surface area contributed by atoms with E-state index in [1.54, 1.807) is 0 Å². The molecule has 0 spiro atoms. The zero-order valence-electron chi connectivity index (χ0n) is 7.05. The summed E-state index contributed by atoms with van der Waals surface area (Å²) in [6.45, 7) is 0. The first kappa shape index (κ1) is 7.13. The van der Waals surface area contributed by atoms with Crippen LogP contribution >= 0.6 is 0 Å². The van der Waals surface area contributed by atoms with E-state index >= 15 is 0 Å². The average molecular weight is 174 g/mol. The fourth-order valence-electron chi connectivity index (χ4n) is 2.83. The van der Waals surface area contributed by atoms with Crippen LogP contribution in [0.3, 0.4) is 0 Å². The van der Waals surface area contributed by atoms with Crippen molar-refractivity contribution in [1.29, 1.82) is 0 Å². The molecule has 3 rings (SSSR count). The maximum atomic E-state index is 10.9. The fourth-order valence-corrected chi connectivity index (χ4v) is 2.83. The highest BCUT2D eigenvalue weighted by atomic mass is 16.4. The number of hydrogen-bond donors (Lipinski definition) is 1. The Balaban J connectivity index is 2.07. The van der Waals surface area contributed by atoms with E-state index in [1.165, 1.54) is 0 Å². The molecule has 0 aromatic heterocycles. The minimum absolute atomic E-state index is 0.169. The number of rotatable bonds is 1. The topological polar surface area (TPSA) is 37.3 Å². The number of hydrogen-bond acceptors (Lipinski definition) is 1. The molecule has 0 fully saturated rings. The SMILES string of the molecule is O=C(O)C1=C[C@H]2C=C[C@H]3C=C[C@H]1[C@@H]32.